The molecule has 1 aromatic heterocycles. The molecule has 0 fully saturated rings. The van der Waals surface area contributed by atoms with Gasteiger partial charge in [0.1, 0.15) is 11.9 Å². The Bertz CT molecular complexity index is 535. The second-order valence-corrected chi connectivity index (χ2v) is 3.60. The maximum absolute atomic E-state index is 12.4. The van der Waals surface area contributed by atoms with Crippen molar-refractivity contribution < 1.29 is 18.3 Å². The van der Waals surface area contributed by atoms with Crippen LogP contribution in [0, 0.1) is 0 Å². The number of aromatic nitrogens is 2. The van der Waals surface area contributed by atoms with Crippen LogP contribution in [0.1, 0.15) is 17.5 Å². The number of nitrogens with two attached hydrogens (primary N) is 1. The molecule has 0 aliphatic carbocycles. The molecule has 0 saturated carbocycles. The van der Waals surface area contributed by atoms with Crippen molar-refractivity contribution in [2.75, 3.05) is 6.54 Å². The summed E-state index contributed by atoms with van der Waals surface area (Å²) < 4.78 is 37.3. The minimum Gasteiger partial charge on any atom is -0.384 e. The summed E-state index contributed by atoms with van der Waals surface area (Å²) in [5.74, 6) is 0.168. The number of nitrogens with one attached hydrogen (secondary N) is 1. The molecule has 2 rings (SSSR count). The lowest BCUT2D eigenvalue weighted by Gasteiger charge is -2.05. The van der Waals surface area contributed by atoms with E-state index in [2.05, 4.69) is 9.97 Å². The van der Waals surface area contributed by atoms with Crippen molar-refractivity contribution in [3.8, 4) is 0 Å². The minimum absolute atomic E-state index is 0.0497. The number of rotatable bonds is 2. The largest absolute Gasteiger partial charge is 0.416 e. The van der Waals surface area contributed by atoms with Crippen molar-refractivity contribution in [2.45, 2.75) is 12.3 Å². The highest BCUT2D eigenvalue weighted by molar-refractivity contribution is 5.76. The van der Waals surface area contributed by atoms with E-state index in [1.807, 2.05) is 0 Å². The number of halogens is 3. The van der Waals surface area contributed by atoms with Crippen molar-refractivity contribution in [3.05, 3.63) is 29.6 Å². The van der Waals surface area contributed by atoms with E-state index in [-0.39, 0.29) is 17.9 Å². The standard InChI is InChI=1S/C10H10F3N3O/c11-10(12,13)5-1-2-6-7(3-5)16-9(15-6)8(17)4-14/h1-3,8,17H,4,14H2,(H,15,16). The molecule has 1 aromatic carbocycles. The van der Waals surface area contributed by atoms with E-state index in [9.17, 15) is 18.3 Å². The Morgan fingerprint density at radius 2 is 2.12 bits per heavy atom. The summed E-state index contributed by atoms with van der Waals surface area (Å²) in [5, 5.41) is 9.42. The molecule has 7 heteroatoms. The van der Waals surface area contributed by atoms with E-state index in [1.54, 1.807) is 0 Å². The fourth-order valence-electron chi connectivity index (χ4n) is 1.48. The van der Waals surface area contributed by atoms with E-state index in [1.165, 1.54) is 6.07 Å². The number of hydrogen-bond donors (Lipinski definition) is 3. The predicted molar refractivity (Wildman–Crippen MR) is 55.1 cm³/mol. The first-order valence-electron chi connectivity index (χ1n) is 4.87. The molecule has 0 amide bonds. The monoisotopic (exact) mass is 245 g/mol. The van der Waals surface area contributed by atoms with Gasteiger partial charge in [-0.2, -0.15) is 13.2 Å². The predicted octanol–water partition coefficient (Wildman–Crippen LogP) is 1.57. The van der Waals surface area contributed by atoms with E-state index < -0.39 is 17.8 Å². The molecule has 0 radical (unpaired) electrons. The van der Waals surface area contributed by atoms with Crippen LogP contribution < -0.4 is 5.73 Å². The first kappa shape index (κ1) is 11.9. The molecule has 1 atom stereocenters. The Hall–Kier alpha value is -1.60. The van der Waals surface area contributed by atoms with Gasteiger partial charge in [-0.3, -0.25) is 0 Å². The summed E-state index contributed by atoms with van der Waals surface area (Å²) >= 11 is 0. The molecule has 1 unspecified atom stereocenters. The van der Waals surface area contributed by atoms with Crippen LogP contribution in [-0.2, 0) is 6.18 Å². The summed E-state index contributed by atoms with van der Waals surface area (Å²) in [7, 11) is 0. The van der Waals surface area contributed by atoms with Gasteiger partial charge in [-0.15, -0.1) is 0 Å². The molecule has 0 aliphatic rings. The first-order chi connectivity index (χ1) is 7.91. The third kappa shape index (κ3) is 2.25. The van der Waals surface area contributed by atoms with E-state index in [0.717, 1.165) is 12.1 Å². The van der Waals surface area contributed by atoms with Crippen molar-refractivity contribution in [2.24, 2.45) is 5.73 Å². The van der Waals surface area contributed by atoms with Crippen LogP contribution in [0.4, 0.5) is 13.2 Å². The molecule has 2 aromatic rings. The van der Waals surface area contributed by atoms with Crippen LogP contribution in [0.5, 0.6) is 0 Å². The maximum atomic E-state index is 12.4. The molecule has 92 valence electrons. The Morgan fingerprint density at radius 1 is 1.41 bits per heavy atom. The number of alkyl halides is 3. The maximum Gasteiger partial charge on any atom is 0.416 e. The Kier molecular flexibility index (Phi) is 2.80. The molecular weight excluding hydrogens is 235 g/mol. The van der Waals surface area contributed by atoms with Crippen molar-refractivity contribution in [1.82, 2.24) is 9.97 Å². The Labute approximate surface area is 94.3 Å². The zero-order chi connectivity index (χ0) is 12.6. The molecule has 4 nitrogen and oxygen atoms in total. The van der Waals surface area contributed by atoms with Crippen molar-refractivity contribution >= 4 is 11.0 Å². The van der Waals surface area contributed by atoms with Gasteiger partial charge in [0.15, 0.2) is 0 Å². The van der Waals surface area contributed by atoms with Gasteiger partial charge < -0.3 is 15.8 Å². The quantitative estimate of drug-likeness (QED) is 0.751. The topological polar surface area (TPSA) is 74.9 Å². The van der Waals surface area contributed by atoms with E-state index in [0.29, 0.717) is 5.52 Å². The number of nitrogens with zero attached hydrogens (tertiary/aromatic N) is 1. The van der Waals surface area contributed by atoms with Crippen LogP contribution in [0.25, 0.3) is 11.0 Å². The second kappa shape index (κ2) is 4.01. The van der Waals surface area contributed by atoms with Gasteiger partial charge >= 0.3 is 6.18 Å². The van der Waals surface area contributed by atoms with Crippen LogP contribution in [0.3, 0.4) is 0 Å². The lowest BCUT2D eigenvalue weighted by atomic mass is 10.2. The number of hydrogen-bond acceptors (Lipinski definition) is 3. The fraction of sp³-hybridized carbons (Fsp3) is 0.300. The summed E-state index contributed by atoms with van der Waals surface area (Å²) in [6, 6.07) is 3.15. The number of aliphatic hydroxyl groups is 1. The summed E-state index contributed by atoms with van der Waals surface area (Å²) in [4.78, 5) is 6.57. The van der Waals surface area contributed by atoms with Gasteiger partial charge in [0.25, 0.3) is 0 Å². The third-order valence-electron chi connectivity index (χ3n) is 2.37. The Morgan fingerprint density at radius 3 is 2.71 bits per heavy atom. The molecule has 0 saturated heterocycles. The number of imidazole rings is 1. The van der Waals surface area contributed by atoms with Gasteiger partial charge in [0.05, 0.1) is 16.6 Å². The highest BCUT2D eigenvalue weighted by Crippen LogP contribution is 2.31. The highest BCUT2D eigenvalue weighted by atomic mass is 19.4. The lowest BCUT2D eigenvalue weighted by molar-refractivity contribution is -0.137. The zero-order valence-corrected chi connectivity index (χ0v) is 8.62. The van der Waals surface area contributed by atoms with Crippen LogP contribution in [-0.4, -0.2) is 21.6 Å². The average molecular weight is 245 g/mol. The molecular formula is C10H10F3N3O. The molecule has 0 bridgehead atoms. The summed E-state index contributed by atoms with van der Waals surface area (Å²) in [5.41, 5.74) is 5.06. The summed E-state index contributed by atoms with van der Waals surface area (Å²) in [6.45, 7) is -0.0497. The zero-order valence-electron chi connectivity index (χ0n) is 8.62. The van der Waals surface area contributed by atoms with Gasteiger partial charge in [0.2, 0.25) is 0 Å². The van der Waals surface area contributed by atoms with Crippen LogP contribution in [0.15, 0.2) is 18.2 Å². The van der Waals surface area contributed by atoms with Gasteiger partial charge in [-0.1, -0.05) is 0 Å². The highest BCUT2D eigenvalue weighted by Gasteiger charge is 2.30. The smallest absolute Gasteiger partial charge is 0.384 e. The van der Waals surface area contributed by atoms with Crippen LogP contribution >= 0.6 is 0 Å². The van der Waals surface area contributed by atoms with Crippen LogP contribution in [0.2, 0.25) is 0 Å². The second-order valence-electron chi connectivity index (χ2n) is 3.60. The molecule has 0 spiro atoms. The van der Waals surface area contributed by atoms with Crippen molar-refractivity contribution in [3.63, 3.8) is 0 Å². The van der Waals surface area contributed by atoms with Crippen molar-refractivity contribution in [1.29, 1.82) is 0 Å². The number of H-pyrrole nitrogens is 1. The van der Waals surface area contributed by atoms with E-state index in [4.69, 9.17) is 5.73 Å². The molecule has 17 heavy (non-hydrogen) atoms. The third-order valence-corrected chi connectivity index (χ3v) is 2.37. The lowest BCUT2D eigenvalue weighted by Crippen LogP contribution is -2.12. The number of fused-ring (bicyclic) bond motifs is 1. The normalized spacial score (nSPS) is 14.2. The minimum atomic E-state index is -4.40. The summed E-state index contributed by atoms with van der Waals surface area (Å²) in [6.07, 6.45) is -5.40. The first-order valence-corrected chi connectivity index (χ1v) is 4.87. The molecule has 1 heterocycles. The fourth-order valence-corrected chi connectivity index (χ4v) is 1.48. The number of benzene rings is 1. The van der Waals surface area contributed by atoms with Gasteiger partial charge in [0, 0.05) is 6.54 Å². The number of aliphatic hydroxyl groups excluding tert-OH is 1. The van der Waals surface area contributed by atoms with Gasteiger partial charge in [-0.05, 0) is 18.2 Å². The number of aromatic amines is 1. The van der Waals surface area contributed by atoms with E-state index >= 15 is 0 Å². The molecule has 0 aliphatic heterocycles. The average Bonchev–Trinajstić information content (AvgIpc) is 2.69. The van der Waals surface area contributed by atoms with Gasteiger partial charge in [-0.25, -0.2) is 4.98 Å². The SMILES string of the molecule is NCC(O)c1nc2ccc(C(F)(F)F)cc2[nH]1. The Balaban J connectivity index is 2.48. The molecule has 4 N–H and O–H groups in total.